The minimum atomic E-state index is 0.399. The maximum absolute atomic E-state index is 6.15. The predicted octanol–water partition coefficient (Wildman–Crippen LogP) is 3.96. The lowest BCUT2D eigenvalue weighted by Crippen LogP contribution is -1.99. The number of aromatic nitrogens is 3. The summed E-state index contributed by atoms with van der Waals surface area (Å²) >= 11 is 0. The van der Waals surface area contributed by atoms with Crippen molar-refractivity contribution in [3.8, 4) is 33.9 Å². The Hall–Kier alpha value is -3.67. The third-order valence-electron chi connectivity index (χ3n) is 4.40. The lowest BCUT2D eigenvalue weighted by molar-refractivity contribution is 0.404. The molecule has 0 fully saturated rings. The van der Waals surface area contributed by atoms with E-state index in [-0.39, 0.29) is 0 Å². The number of benzene rings is 2. The zero-order chi connectivity index (χ0) is 18.8. The van der Waals surface area contributed by atoms with Crippen molar-refractivity contribution in [2.75, 3.05) is 20.0 Å². The highest BCUT2D eigenvalue weighted by atomic mass is 16.5. The van der Waals surface area contributed by atoms with Crippen molar-refractivity contribution >= 4 is 16.9 Å². The summed E-state index contributed by atoms with van der Waals surface area (Å²) in [5, 5.41) is 0.731. The molecule has 0 saturated carbocycles. The zero-order valence-corrected chi connectivity index (χ0v) is 15.0. The molecule has 134 valence electrons. The fourth-order valence-electron chi connectivity index (χ4n) is 3.09. The Labute approximate surface area is 156 Å². The molecule has 0 spiro atoms. The van der Waals surface area contributed by atoms with Gasteiger partial charge in [-0.15, -0.1) is 0 Å². The number of hydrogen-bond acceptors (Lipinski definition) is 6. The van der Waals surface area contributed by atoms with Crippen molar-refractivity contribution in [1.29, 1.82) is 0 Å². The molecule has 0 atom stereocenters. The Kier molecular flexibility index (Phi) is 4.30. The standard InChI is InChI=1S/C21H18N4O2/c1-26-14-8-9-18(27-2)16(10-14)17-11-15(13-6-4-3-5-7-13)19-20(22)23-12-24-21(19)25-17/h3-12H,1-2H3,(H2,22,23,24,25). The number of ether oxygens (including phenoxy) is 2. The molecule has 6 nitrogen and oxygen atoms in total. The van der Waals surface area contributed by atoms with Gasteiger partial charge in [-0.2, -0.15) is 0 Å². The monoisotopic (exact) mass is 358 g/mol. The summed E-state index contributed by atoms with van der Waals surface area (Å²) in [6, 6.07) is 17.6. The van der Waals surface area contributed by atoms with Crippen molar-refractivity contribution in [2.45, 2.75) is 0 Å². The first-order valence-corrected chi connectivity index (χ1v) is 8.40. The molecule has 0 unspecified atom stereocenters. The summed E-state index contributed by atoms with van der Waals surface area (Å²) in [6.45, 7) is 0. The highest BCUT2D eigenvalue weighted by molar-refractivity contribution is 6.01. The third kappa shape index (κ3) is 3.01. The number of nitrogens with two attached hydrogens (primary N) is 1. The van der Waals surface area contributed by atoms with Crippen molar-refractivity contribution in [3.63, 3.8) is 0 Å². The second-order valence-corrected chi connectivity index (χ2v) is 5.94. The first-order chi connectivity index (χ1) is 13.2. The van der Waals surface area contributed by atoms with Crippen LogP contribution in [0.4, 0.5) is 5.82 Å². The zero-order valence-electron chi connectivity index (χ0n) is 15.0. The van der Waals surface area contributed by atoms with Crippen molar-refractivity contribution in [2.24, 2.45) is 0 Å². The van der Waals surface area contributed by atoms with Crippen LogP contribution in [-0.4, -0.2) is 29.2 Å². The molecule has 0 aliphatic carbocycles. The van der Waals surface area contributed by atoms with Crippen LogP contribution in [0.25, 0.3) is 33.4 Å². The summed E-state index contributed by atoms with van der Waals surface area (Å²) < 4.78 is 10.9. The number of nitrogen functional groups attached to an aromatic ring is 1. The van der Waals surface area contributed by atoms with Gasteiger partial charge in [-0.05, 0) is 35.4 Å². The minimum absolute atomic E-state index is 0.399. The van der Waals surface area contributed by atoms with Gasteiger partial charge in [0.2, 0.25) is 0 Å². The quantitative estimate of drug-likeness (QED) is 0.594. The summed E-state index contributed by atoms with van der Waals surface area (Å²) in [4.78, 5) is 13.2. The van der Waals surface area contributed by atoms with Crippen LogP contribution in [0.3, 0.4) is 0 Å². The Bertz CT molecular complexity index is 1110. The molecule has 2 N–H and O–H groups in total. The highest BCUT2D eigenvalue weighted by Crippen LogP contribution is 2.37. The van der Waals surface area contributed by atoms with E-state index < -0.39 is 0 Å². The number of anilines is 1. The highest BCUT2D eigenvalue weighted by Gasteiger charge is 2.16. The Morgan fingerprint density at radius 2 is 1.67 bits per heavy atom. The molecule has 4 rings (SSSR count). The molecule has 0 bridgehead atoms. The predicted molar refractivity (Wildman–Crippen MR) is 106 cm³/mol. The lowest BCUT2D eigenvalue weighted by atomic mass is 9.99. The van der Waals surface area contributed by atoms with E-state index in [1.54, 1.807) is 14.2 Å². The van der Waals surface area contributed by atoms with Gasteiger partial charge in [0.05, 0.1) is 25.3 Å². The normalized spacial score (nSPS) is 10.7. The molecule has 4 aromatic rings. The van der Waals surface area contributed by atoms with Gasteiger partial charge < -0.3 is 15.2 Å². The third-order valence-corrected chi connectivity index (χ3v) is 4.40. The summed E-state index contributed by atoms with van der Waals surface area (Å²) in [5.74, 6) is 1.82. The summed E-state index contributed by atoms with van der Waals surface area (Å²) in [5.41, 5.74) is 10.1. The Morgan fingerprint density at radius 3 is 2.41 bits per heavy atom. The number of hydrogen-bond donors (Lipinski definition) is 1. The van der Waals surface area contributed by atoms with E-state index in [0.29, 0.717) is 17.2 Å². The molecule has 2 heterocycles. The molecule has 0 amide bonds. The molecule has 27 heavy (non-hydrogen) atoms. The van der Waals surface area contributed by atoms with Gasteiger partial charge in [-0.3, -0.25) is 0 Å². The molecule has 0 aliphatic heterocycles. The molecule has 0 radical (unpaired) electrons. The maximum atomic E-state index is 6.15. The second kappa shape index (κ2) is 6.92. The van der Waals surface area contributed by atoms with E-state index in [4.69, 9.17) is 20.2 Å². The second-order valence-electron chi connectivity index (χ2n) is 5.94. The molecule has 2 aromatic carbocycles. The number of methoxy groups -OCH3 is 2. The summed E-state index contributed by atoms with van der Waals surface area (Å²) in [7, 11) is 3.26. The molecule has 0 saturated heterocycles. The van der Waals surface area contributed by atoms with Crippen molar-refractivity contribution in [3.05, 3.63) is 60.9 Å². The van der Waals surface area contributed by atoms with E-state index in [1.165, 1.54) is 6.33 Å². The molecule has 6 heteroatoms. The van der Waals surface area contributed by atoms with Crippen LogP contribution in [0.1, 0.15) is 0 Å². The lowest BCUT2D eigenvalue weighted by Gasteiger charge is -2.13. The van der Waals surface area contributed by atoms with Gasteiger partial charge in [-0.25, -0.2) is 15.0 Å². The molecular weight excluding hydrogens is 340 g/mol. The van der Waals surface area contributed by atoms with Gasteiger partial charge in [0.15, 0.2) is 5.65 Å². The van der Waals surface area contributed by atoms with Crippen LogP contribution >= 0.6 is 0 Å². The van der Waals surface area contributed by atoms with Crippen LogP contribution in [0.5, 0.6) is 11.5 Å². The van der Waals surface area contributed by atoms with Crippen LogP contribution in [0.15, 0.2) is 60.9 Å². The number of fused-ring (bicyclic) bond motifs is 1. The van der Waals surface area contributed by atoms with Crippen LogP contribution in [0, 0.1) is 0 Å². The van der Waals surface area contributed by atoms with E-state index in [1.807, 2.05) is 54.6 Å². The van der Waals surface area contributed by atoms with Gasteiger partial charge in [0.25, 0.3) is 0 Å². The van der Waals surface area contributed by atoms with Gasteiger partial charge in [0, 0.05) is 5.56 Å². The Balaban J connectivity index is 2.04. The average Bonchev–Trinajstić information content (AvgIpc) is 2.73. The van der Waals surface area contributed by atoms with Crippen molar-refractivity contribution < 1.29 is 9.47 Å². The first-order valence-electron chi connectivity index (χ1n) is 8.40. The van der Waals surface area contributed by atoms with Gasteiger partial charge in [-0.1, -0.05) is 30.3 Å². The van der Waals surface area contributed by atoms with Crippen LogP contribution in [-0.2, 0) is 0 Å². The SMILES string of the molecule is COc1ccc(OC)c(-c2cc(-c3ccccc3)c3c(N)ncnc3n2)c1. The molecular formula is C21H18N4O2. The number of nitrogens with zero attached hydrogens (tertiary/aromatic N) is 3. The molecule has 0 aliphatic rings. The Morgan fingerprint density at radius 1 is 0.852 bits per heavy atom. The fourth-order valence-corrected chi connectivity index (χ4v) is 3.09. The van der Waals surface area contributed by atoms with Crippen molar-refractivity contribution in [1.82, 2.24) is 15.0 Å². The largest absolute Gasteiger partial charge is 0.497 e. The fraction of sp³-hybridized carbons (Fsp3) is 0.0952. The number of rotatable bonds is 4. The van der Waals surface area contributed by atoms with E-state index >= 15 is 0 Å². The van der Waals surface area contributed by atoms with E-state index in [0.717, 1.165) is 33.5 Å². The molecule has 2 aromatic heterocycles. The maximum Gasteiger partial charge on any atom is 0.165 e. The van der Waals surface area contributed by atoms with Gasteiger partial charge in [0.1, 0.15) is 23.6 Å². The average molecular weight is 358 g/mol. The smallest absolute Gasteiger partial charge is 0.165 e. The van der Waals surface area contributed by atoms with Crippen LogP contribution in [0.2, 0.25) is 0 Å². The van der Waals surface area contributed by atoms with E-state index in [2.05, 4.69) is 9.97 Å². The number of pyridine rings is 1. The summed E-state index contributed by atoms with van der Waals surface area (Å²) in [6.07, 6.45) is 1.42. The minimum Gasteiger partial charge on any atom is -0.497 e. The topological polar surface area (TPSA) is 83.2 Å². The first kappa shape index (κ1) is 16.8. The van der Waals surface area contributed by atoms with E-state index in [9.17, 15) is 0 Å². The van der Waals surface area contributed by atoms with Crippen LogP contribution < -0.4 is 15.2 Å². The van der Waals surface area contributed by atoms with Gasteiger partial charge >= 0.3 is 0 Å².